The highest BCUT2D eigenvalue weighted by molar-refractivity contribution is 6.08. The minimum Gasteiger partial charge on any atom is -0.384 e. The molecule has 0 atom stereocenters. The summed E-state index contributed by atoms with van der Waals surface area (Å²) in [5.74, 6) is 0.679. The van der Waals surface area contributed by atoms with Crippen LogP contribution in [0.4, 0.5) is 0 Å². The van der Waals surface area contributed by atoms with Crippen molar-refractivity contribution >= 4 is 11.5 Å². The van der Waals surface area contributed by atoms with Crippen LogP contribution in [0.25, 0.3) is 0 Å². The Hall–Kier alpha value is -2.30. The van der Waals surface area contributed by atoms with Crippen molar-refractivity contribution in [2.24, 2.45) is 16.6 Å². The van der Waals surface area contributed by atoms with E-state index in [9.17, 15) is 0 Å². The fraction of sp³-hybridized carbons (Fsp3) is 0.286. The van der Waals surface area contributed by atoms with Gasteiger partial charge >= 0.3 is 0 Å². The molecule has 1 aliphatic carbocycles. The van der Waals surface area contributed by atoms with Gasteiger partial charge in [-0.1, -0.05) is 18.2 Å². The number of rotatable bonds is 3. The highest BCUT2D eigenvalue weighted by atomic mass is 15.3. The summed E-state index contributed by atoms with van der Waals surface area (Å²) in [5.41, 5.74) is 19.2. The first-order valence-electron chi connectivity index (χ1n) is 6.23. The maximum atomic E-state index is 7.59. The first kappa shape index (κ1) is 13.1. The lowest BCUT2D eigenvalue weighted by molar-refractivity contribution is 0.844. The maximum Gasteiger partial charge on any atom is 0.123 e. The summed E-state index contributed by atoms with van der Waals surface area (Å²) in [7, 11) is 0. The van der Waals surface area contributed by atoms with Crippen molar-refractivity contribution in [1.29, 1.82) is 5.41 Å². The van der Waals surface area contributed by atoms with Crippen LogP contribution in [-0.4, -0.2) is 11.5 Å². The Morgan fingerprint density at radius 1 is 1.26 bits per heavy atom. The third-order valence-corrected chi connectivity index (χ3v) is 3.24. The molecular weight excluding hydrogens is 238 g/mol. The molecule has 0 spiro atoms. The van der Waals surface area contributed by atoms with Crippen molar-refractivity contribution in [3.63, 3.8) is 0 Å². The Morgan fingerprint density at radius 3 is 2.63 bits per heavy atom. The molecule has 0 bridgehead atoms. The summed E-state index contributed by atoms with van der Waals surface area (Å²) < 4.78 is 0. The van der Waals surface area contributed by atoms with E-state index in [-0.39, 0.29) is 5.84 Å². The van der Waals surface area contributed by atoms with Crippen LogP contribution in [0.3, 0.4) is 0 Å². The standard InChI is InChI=1S/C14H19N5/c1-8(2)14(17)19-18-12-7-6-9-10(12)4-3-5-11(9)13(15)16/h3-5,19H,6-7,17H2,1-2H3,(H3,15,16)/b18-12+. The molecule has 0 saturated heterocycles. The Labute approximate surface area is 112 Å². The Bertz CT molecular complexity index is 579. The summed E-state index contributed by atoms with van der Waals surface area (Å²) in [6.45, 7) is 3.86. The van der Waals surface area contributed by atoms with Crippen LogP contribution in [-0.2, 0) is 6.42 Å². The van der Waals surface area contributed by atoms with E-state index in [1.165, 1.54) is 0 Å². The van der Waals surface area contributed by atoms with E-state index in [1.54, 1.807) is 0 Å². The molecule has 0 fully saturated rings. The van der Waals surface area contributed by atoms with Crippen molar-refractivity contribution in [3.8, 4) is 0 Å². The normalized spacial score (nSPS) is 15.2. The molecule has 0 heterocycles. The zero-order chi connectivity index (χ0) is 14.0. The van der Waals surface area contributed by atoms with E-state index < -0.39 is 0 Å². The lowest BCUT2D eigenvalue weighted by Crippen LogP contribution is -2.18. The van der Waals surface area contributed by atoms with Crippen LogP contribution >= 0.6 is 0 Å². The molecule has 0 radical (unpaired) electrons. The number of benzene rings is 1. The predicted octanol–water partition coefficient (Wildman–Crippen LogP) is 1.42. The van der Waals surface area contributed by atoms with Gasteiger partial charge in [-0.15, -0.1) is 0 Å². The third-order valence-electron chi connectivity index (χ3n) is 3.24. The van der Waals surface area contributed by atoms with E-state index in [2.05, 4.69) is 10.5 Å². The van der Waals surface area contributed by atoms with Crippen LogP contribution < -0.4 is 16.9 Å². The summed E-state index contributed by atoms with van der Waals surface area (Å²) >= 11 is 0. The van der Waals surface area contributed by atoms with Crippen molar-refractivity contribution in [2.75, 3.05) is 0 Å². The van der Waals surface area contributed by atoms with Crippen LogP contribution in [0.5, 0.6) is 0 Å². The van der Waals surface area contributed by atoms with Gasteiger partial charge in [-0.25, -0.2) is 0 Å². The Kier molecular flexibility index (Phi) is 3.55. The molecule has 19 heavy (non-hydrogen) atoms. The molecule has 1 aliphatic rings. The average molecular weight is 257 g/mol. The molecule has 5 heteroatoms. The van der Waals surface area contributed by atoms with Crippen molar-refractivity contribution < 1.29 is 0 Å². The van der Waals surface area contributed by atoms with Gasteiger partial charge < -0.3 is 11.5 Å². The molecule has 0 unspecified atom stereocenters. The third kappa shape index (κ3) is 2.59. The van der Waals surface area contributed by atoms with Gasteiger partial charge in [0.15, 0.2) is 0 Å². The monoisotopic (exact) mass is 257 g/mol. The van der Waals surface area contributed by atoms with Gasteiger partial charge in [-0.3, -0.25) is 10.8 Å². The number of hydrazone groups is 1. The molecule has 0 aliphatic heterocycles. The van der Waals surface area contributed by atoms with Crippen molar-refractivity contribution in [3.05, 3.63) is 46.3 Å². The van der Waals surface area contributed by atoms with Gasteiger partial charge in [-0.2, -0.15) is 5.10 Å². The summed E-state index contributed by atoms with van der Waals surface area (Å²) in [4.78, 5) is 0. The van der Waals surface area contributed by atoms with Crippen LogP contribution in [0, 0.1) is 5.41 Å². The van der Waals surface area contributed by atoms with Crippen LogP contribution in [0.2, 0.25) is 0 Å². The first-order valence-corrected chi connectivity index (χ1v) is 6.23. The second-order valence-corrected chi connectivity index (χ2v) is 4.83. The van der Waals surface area contributed by atoms with Gasteiger partial charge in [0.2, 0.25) is 0 Å². The fourth-order valence-corrected chi connectivity index (χ4v) is 2.11. The second kappa shape index (κ2) is 5.14. The molecule has 1 aromatic rings. The topological polar surface area (TPSA) is 100 Å². The summed E-state index contributed by atoms with van der Waals surface area (Å²) in [6, 6.07) is 5.79. The van der Waals surface area contributed by atoms with Gasteiger partial charge in [0.1, 0.15) is 11.7 Å². The highest BCUT2D eigenvalue weighted by Gasteiger charge is 2.21. The smallest absolute Gasteiger partial charge is 0.123 e. The van der Waals surface area contributed by atoms with E-state index >= 15 is 0 Å². The molecule has 100 valence electrons. The predicted molar refractivity (Wildman–Crippen MR) is 78.0 cm³/mol. The number of nitrogens with one attached hydrogen (secondary N) is 2. The van der Waals surface area contributed by atoms with Crippen LogP contribution in [0.1, 0.15) is 37.0 Å². The number of hydrogen-bond acceptors (Lipinski definition) is 4. The molecular formula is C14H19N5. The zero-order valence-corrected chi connectivity index (χ0v) is 11.2. The minimum atomic E-state index is 0.106. The number of nitrogens with two attached hydrogens (primary N) is 2. The first-order chi connectivity index (χ1) is 9.00. The quantitative estimate of drug-likeness (QED) is 0.374. The molecule has 6 N–H and O–H groups in total. The molecule has 0 amide bonds. The molecule has 0 saturated carbocycles. The lowest BCUT2D eigenvalue weighted by Gasteiger charge is -2.07. The van der Waals surface area contributed by atoms with E-state index in [0.717, 1.165) is 40.8 Å². The number of hydrogen-bond donors (Lipinski definition) is 4. The van der Waals surface area contributed by atoms with Gasteiger partial charge in [0.25, 0.3) is 0 Å². The Balaban J connectivity index is 2.33. The summed E-state index contributed by atoms with van der Waals surface area (Å²) in [5, 5.41) is 11.9. The number of nitrogen functional groups attached to an aromatic ring is 1. The van der Waals surface area contributed by atoms with Gasteiger partial charge in [0.05, 0.1) is 5.71 Å². The highest BCUT2D eigenvalue weighted by Crippen LogP contribution is 2.25. The molecule has 1 aromatic carbocycles. The lowest BCUT2D eigenvalue weighted by atomic mass is 10.0. The number of allylic oxidation sites excluding steroid dienone is 1. The van der Waals surface area contributed by atoms with Crippen molar-refractivity contribution in [2.45, 2.75) is 26.7 Å². The molecule has 0 aromatic heterocycles. The van der Waals surface area contributed by atoms with E-state index in [4.69, 9.17) is 16.9 Å². The van der Waals surface area contributed by atoms with E-state index in [0.29, 0.717) is 5.82 Å². The summed E-state index contributed by atoms with van der Waals surface area (Å²) in [6.07, 6.45) is 1.70. The van der Waals surface area contributed by atoms with E-state index in [1.807, 2.05) is 32.0 Å². The number of fused-ring (bicyclic) bond motifs is 1. The number of amidine groups is 1. The fourth-order valence-electron chi connectivity index (χ4n) is 2.11. The zero-order valence-electron chi connectivity index (χ0n) is 11.2. The largest absolute Gasteiger partial charge is 0.384 e. The second-order valence-electron chi connectivity index (χ2n) is 4.83. The van der Waals surface area contributed by atoms with Crippen molar-refractivity contribution in [1.82, 2.24) is 5.43 Å². The SMILES string of the molecule is CC(C)=C(N)N/N=C1\CCc2c(C(=N)N)cccc21. The Morgan fingerprint density at radius 2 is 2.00 bits per heavy atom. The molecule has 5 nitrogen and oxygen atoms in total. The van der Waals surface area contributed by atoms with Crippen LogP contribution in [0.15, 0.2) is 34.7 Å². The van der Waals surface area contributed by atoms with Gasteiger partial charge in [0, 0.05) is 11.1 Å². The number of nitrogens with zero attached hydrogens (tertiary/aromatic N) is 1. The maximum absolute atomic E-state index is 7.59. The molecule has 2 rings (SSSR count). The van der Waals surface area contributed by atoms with Gasteiger partial charge in [-0.05, 0) is 37.8 Å². The average Bonchev–Trinajstić information content (AvgIpc) is 2.78. The minimum absolute atomic E-state index is 0.106.